The van der Waals surface area contributed by atoms with Gasteiger partial charge in [-0.1, -0.05) is 0 Å². The first-order valence-electron chi connectivity index (χ1n) is 4.22. The van der Waals surface area contributed by atoms with E-state index in [0.717, 1.165) is 0 Å². The maximum absolute atomic E-state index is 11.2. The minimum Gasteiger partial charge on any atom is -0.548 e. The Morgan fingerprint density at radius 3 is 2.40 bits per heavy atom. The van der Waals surface area contributed by atoms with Gasteiger partial charge in [-0.25, -0.2) is 0 Å². The topological polar surface area (TPSA) is 152 Å². The van der Waals surface area contributed by atoms with E-state index in [4.69, 9.17) is 5.73 Å². The fraction of sp³-hybridized carbons (Fsp3) is 0.571. The van der Waals surface area contributed by atoms with Crippen LogP contribution in [0.2, 0.25) is 0 Å². The van der Waals surface area contributed by atoms with Crippen molar-refractivity contribution in [2.75, 3.05) is 6.54 Å². The van der Waals surface area contributed by atoms with Crippen molar-refractivity contribution in [3.63, 3.8) is 0 Å². The molecule has 8 nitrogen and oxygen atoms in total. The standard InChI is InChI=1S/C7H11N3O5/c8-1-2(7(13)14)10-6(12)4-3(15-4)5(9)11/h2-4H,1,8H2,(H2,9,11)(H,10,12)(H,13,14)/t2-,3+,4+/m0/s1. The highest BCUT2D eigenvalue weighted by Gasteiger charge is 2.49. The van der Waals surface area contributed by atoms with Crippen LogP contribution in [0.25, 0.3) is 0 Å². The minimum atomic E-state index is -1.44. The van der Waals surface area contributed by atoms with Gasteiger partial charge >= 0.3 is 0 Å². The fourth-order valence-corrected chi connectivity index (χ4v) is 1.03. The Kier molecular flexibility index (Phi) is 3.22. The number of amides is 2. The third-order valence-electron chi connectivity index (χ3n) is 1.92. The molecule has 1 fully saturated rings. The Morgan fingerprint density at radius 1 is 1.47 bits per heavy atom. The number of hydrogen-bond donors (Lipinski definition) is 3. The Hall–Kier alpha value is -1.67. The highest BCUT2D eigenvalue weighted by atomic mass is 16.6. The van der Waals surface area contributed by atoms with Crippen LogP contribution in [-0.4, -0.2) is 42.6 Å². The van der Waals surface area contributed by atoms with Gasteiger partial charge in [-0.05, 0) is 0 Å². The van der Waals surface area contributed by atoms with Gasteiger partial charge < -0.3 is 31.4 Å². The Balaban J connectivity index is 2.43. The van der Waals surface area contributed by atoms with Crippen molar-refractivity contribution >= 4 is 17.8 Å². The van der Waals surface area contributed by atoms with Crippen molar-refractivity contribution in [2.45, 2.75) is 18.2 Å². The van der Waals surface area contributed by atoms with Gasteiger partial charge in [-0.2, -0.15) is 0 Å². The second-order valence-corrected chi connectivity index (χ2v) is 3.05. The summed E-state index contributed by atoms with van der Waals surface area (Å²) in [4.78, 5) is 32.2. The third-order valence-corrected chi connectivity index (χ3v) is 1.92. The largest absolute Gasteiger partial charge is 0.548 e. The number of epoxide rings is 1. The summed E-state index contributed by atoms with van der Waals surface area (Å²) in [5.41, 5.74) is 8.19. The van der Waals surface area contributed by atoms with E-state index in [-0.39, 0.29) is 6.54 Å². The molecule has 15 heavy (non-hydrogen) atoms. The van der Waals surface area contributed by atoms with Gasteiger partial charge in [-0.15, -0.1) is 0 Å². The second kappa shape index (κ2) is 4.24. The van der Waals surface area contributed by atoms with E-state index in [9.17, 15) is 19.5 Å². The van der Waals surface area contributed by atoms with Crippen molar-refractivity contribution in [3.05, 3.63) is 0 Å². The molecule has 0 aliphatic carbocycles. The molecule has 8 heteroatoms. The molecule has 1 rings (SSSR count). The van der Waals surface area contributed by atoms with Crippen molar-refractivity contribution in [1.82, 2.24) is 5.32 Å². The predicted molar refractivity (Wildman–Crippen MR) is 42.5 cm³/mol. The first kappa shape index (κ1) is 11.4. The Morgan fingerprint density at radius 2 is 2.07 bits per heavy atom. The summed E-state index contributed by atoms with van der Waals surface area (Å²) in [6.07, 6.45) is -1.95. The van der Waals surface area contributed by atoms with Gasteiger partial charge in [0.2, 0.25) is 5.91 Å². The van der Waals surface area contributed by atoms with Crippen molar-refractivity contribution in [3.8, 4) is 0 Å². The Labute approximate surface area is 84.5 Å². The molecular weight excluding hydrogens is 206 g/mol. The summed E-state index contributed by atoms with van der Waals surface area (Å²) in [6, 6.07) is -1.18. The first-order chi connectivity index (χ1) is 6.97. The van der Waals surface area contributed by atoms with Crippen LogP contribution in [0.5, 0.6) is 0 Å². The lowest BCUT2D eigenvalue weighted by atomic mass is 10.2. The van der Waals surface area contributed by atoms with Crippen LogP contribution in [-0.2, 0) is 19.1 Å². The summed E-state index contributed by atoms with van der Waals surface area (Å²) >= 11 is 0. The number of carbonyl (C=O) groups excluding carboxylic acids is 3. The summed E-state index contributed by atoms with van der Waals surface area (Å²) in [7, 11) is 0. The van der Waals surface area contributed by atoms with Crippen LogP contribution in [0.1, 0.15) is 0 Å². The number of carboxylic acids is 1. The Bertz CT molecular complexity index is 305. The fourth-order valence-electron chi connectivity index (χ4n) is 1.03. The van der Waals surface area contributed by atoms with E-state index in [1.807, 2.05) is 0 Å². The lowest BCUT2D eigenvalue weighted by molar-refractivity contribution is -0.380. The number of rotatable bonds is 5. The lowest BCUT2D eigenvalue weighted by Crippen LogP contribution is -2.65. The summed E-state index contributed by atoms with van der Waals surface area (Å²) in [5.74, 6) is -2.89. The van der Waals surface area contributed by atoms with Crippen LogP contribution in [0, 0.1) is 0 Å². The van der Waals surface area contributed by atoms with Crippen LogP contribution in [0.15, 0.2) is 0 Å². The molecule has 1 aliphatic rings. The smallest absolute Gasteiger partial charge is 0.253 e. The molecule has 6 N–H and O–H groups in total. The quantitative estimate of drug-likeness (QED) is 0.392. The molecule has 0 unspecified atom stereocenters. The molecule has 0 spiro atoms. The maximum atomic E-state index is 11.2. The van der Waals surface area contributed by atoms with Crippen molar-refractivity contribution in [1.29, 1.82) is 0 Å². The number of nitrogens with two attached hydrogens (primary N) is 1. The molecule has 0 bridgehead atoms. The first-order valence-corrected chi connectivity index (χ1v) is 4.22. The minimum absolute atomic E-state index is 0.0535. The average Bonchev–Trinajstić information content (AvgIpc) is 2.92. The second-order valence-electron chi connectivity index (χ2n) is 3.05. The zero-order valence-electron chi connectivity index (χ0n) is 7.76. The van der Waals surface area contributed by atoms with Gasteiger partial charge in [0.1, 0.15) is 12.6 Å². The van der Waals surface area contributed by atoms with Gasteiger partial charge in [0.25, 0.3) is 5.91 Å². The number of nitrogens with one attached hydrogen (secondary N) is 1. The monoisotopic (exact) mass is 217 g/mol. The third kappa shape index (κ3) is 2.64. The highest BCUT2D eigenvalue weighted by molar-refractivity contribution is 5.95. The van der Waals surface area contributed by atoms with E-state index in [1.54, 1.807) is 0 Å². The molecule has 1 heterocycles. The number of primary amides is 1. The normalized spacial score (nSPS) is 25.4. The van der Waals surface area contributed by atoms with Crippen molar-refractivity contribution < 1.29 is 30.0 Å². The van der Waals surface area contributed by atoms with Crippen molar-refractivity contribution in [2.24, 2.45) is 5.73 Å². The summed E-state index contributed by atoms with van der Waals surface area (Å²) < 4.78 is 4.64. The molecule has 0 aromatic heterocycles. The zero-order valence-corrected chi connectivity index (χ0v) is 7.76. The predicted octanol–water partition coefficient (Wildman–Crippen LogP) is -5.28. The van der Waals surface area contributed by atoms with Gasteiger partial charge in [-0.3, -0.25) is 9.59 Å². The van der Waals surface area contributed by atoms with Crippen LogP contribution in [0.4, 0.5) is 0 Å². The van der Waals surface area contributed by atoms with Gasteiger partial charge in [0.05, 0.1) is 5.97 Å². The number of ether oxygens (including phenoxy) is 1. The lowest BCUT2D eigenvalue weighted by Gasteiger charge is -2.14. The van der Waals surface area contributed by atoms with E-state index in [2.05, 4.69) is 15.8 Å². The number of hydrogen-bond acceptors (Lipinski definition) is 5. The van der Waals surface area contributed by atoms with E-state index < -0.39 is 36.0 Å². The molecule has 2 amide bonds. The van der Waals surface area contributed by atoms with Crippen LogP contribution < -0.4 is 21.9 Å². The van der Waals surface area contributed by atoms with E-state index in [1.165, 1.54) is 0 Å². The van der Waals surface area contributed by atoms with Gasteiger partial charge in [0, 0.05) is 0 Å². The highest BCUT2D eigenvalue weighted by Crippen LogP contribution is 2.21. The molecule has 0 aromatic rings. The number of carbonyl (C=O) groups is 3. The molecule has 0 aromatic carbocycles. The van der Waals surface area contributed by atoms with Gasteiger partial charge in [0.15, 0.2) is 12.2 Å². The van der Waals surface area contributed by atoms with Crippen LogP contribution >= 0.6 is 0 Å². The average molecular weight is 217 g/mol. The molecule has 1 saturated heterocycles. The summed E-state index contributed by atoms with van der Waals surface area (Å²) in [6.45, 7) is -0.0535. The maximum Gasteiger partial charge on any atom is 0.253 e. The summed E-state index contributed by atoms with van der Waals surface area (Å²) in [5, 5.41) is 12.5. The van der Waals surface area contributed by atoms with E-state index >= 15 is 0 Å². The number of aliphatic carboxylic acids is 1. The molecule has 84 valence electrons. The zero-order chi connectivity index (χ0) is 11.6. The van der Waals surface area contributed by atoms with Crippen LogP contribution in [0.3, 0.4) is 0 Å². The molecule has 3 atom stereocenters. The molecule has 0 saturated carbocycles. The molecular formula is C7H11N3O5. The molecule has 1 aliphatic heterocycles. The molecule has 0 radical (unpaired) electrons. The van der Waals surface area contributed by atoms with E-state index in [0.29, 0.717) is 0 Å². The SMILES string of the molecule is NC(=O)[C@@H]1O[C@H]1C(=O)N[C@@H](C[NH3+])C(=O)[O-]. The number of carboxylic acid groups (broad SMARTS) is 1. The number of quaternary nitrogens is 1.